The number of benzene rings is 7. The Morgan fingerprint density at radius 3 is 2.08 bits per heavy atom. The van der Waals surface area contributed by atoms with Crippen LogP contribution in [0.25, 0.3) is 49.7 Å². The van der Waals surface area contributed by atoms with E-state index in [2.05, 4.69) is 140 Å². The van der Waals surface area contributed by atoms with E-state index in [9.17, 15) is 0 Å². The number of hydrogen-bond acceptors (Lipinski definition) is 1. The summed E-state index contributed by atoms with van der Waals surface area (Å²) in [5.74, 6) is 1.03. The molecule has 0 bridgehead atoms. The van der Waals surface area contributed by atoms with Crippen LogP contribution in [0, 0.1) is 0 Å². The smallest absolute Gasteiger partial charge is 0.157 e. The molecule has 1 aromatic heterocycles. The lowest BCUT2D eigenvalue weighted by atomic mass is 9.81. The number of nitrogens with two attached hydrogens (primary N) is 1. The molecule has 4 heteroatoms. The molecule has 0 amide bonds. The number of aromatic nitrogens is 1. The predicted molar refractivity (Wildman–Crippen MR) is 218 cm³/mol. The zero-order valence-electron chi connectivity index (χ0n) is 29.3. The predicted octanol–water partition coefficient (Wildman–Crippen LogP) is 11.1. The number of amidine groups is 2. The molecule has 52 heavy (non-hydrogen) atoms. The minimum absolute atomic E-state index is 0.200. The van der Waals surface area contributed by atoms with Gasteiger partial charge in [-0.1, -0.05) is 159 Å². The van der Waals surface area contributed by atoms with Gasteiger partial charge in [0.15, 0.2) is 5.84 Å². The van der Waals surface area contributed by atoms with Crippen LogP contribution in [0.4, 0.5) is 0 Å². The van der Waals surface area contributed by atoms with E-state index in [1.807, 2.05) is 48.5 Å². The Morgan fingerprint density at radius 2 is 1.29 bits per heavy atom. The summed E-state index contributed by atoms with van der Waals surface area (Å²) in [5, 5.41) is 2.46. The topological polar surface area (TPSA) is 55.7 Å². The maximum Gasteiger partial charge on any atom is 0.157 e. The molecule has 1 heterocycles. The molecule has 0 saturated heterocycles. The number of rotatable bonds is 6. The number of hydrogen-bond donors (Lipinski definition) is 1. The highest BCUT2D eigenvalue weighted by molar-refractivity contribution is 6.15. The van der Waals surface area contributed by atoms with Crippen LogP contribution in [0.3, 0.4) is 0 Å². The highest BCUT2D eigenvalue weighted by atomic mass is 15.0. The maximum absolute atomic E-state index is 6.64. The summed E-state index contributed by atoms with van der Waals surface area (Å²) in [6.45, 7) is 5.21. The minimum Gasteiger partial charge on any atom is -0.383 e. The Kier molecular flexibility index (Phi) is 7.66. The summed E-state index contributed by atoms with van der Waals surface area (Å²) < 4.78 is 2.45. The van der Waals surface area contributed by atoms with Crippen LogP contribution >= 0.6 is 0 Å². The van der Waals surface area contributed by atoms with Crippen LogP contribution in [-0.2, 0) is 12.0 Å². The summed E-state index contributed by atoms with van der Waals surface area (Å²) in [4.78, 5) is 10.0. The van der Waals surface area contributed by atoms with Gasteiger partial charge in [-0.3, -0.25) is 4.99 Å². The molecule has 1 aliphatic carbocycles. The Morgan fingerprint density at radius 1 is 0.596 bits per heavy atom. The monoisotopic (exact) mass is 670 g/mol. The van der Waals surface area contributed by atoms with Crippen LogP contribution in [0.15, 0.2) is 180 Å². The standard InChI is InChI=1S/C48H38N4/c1-48(2)42-24-13-12-23-38(42)39-26-27-40-41-30-35(33-17-8-4-9-18-33)25-28-43(41)52(45(40)44(39)48)37-22-14-21-36(29-37)47(50-31-32-15-6-3-7-16-32)51-46(49)34-19-10-5-11-20-34/h3-30H,31H2,1-2H3,(H2,49,50,51). The fraction of sp³-hybridized carbons (Fsp3) is 0.0833. The van der Waals surface area contributed by atoms with Crippen LogP contribution in [0.2, 0.25) is 0 Å². The molecule has 7 aromatic carbocycles. The van der Waals surface area contributed by atoms with E-state index in [-0.39, 0.29) is 5.41 Å². The van der Waals surface area contributed by atoms with E-state index < -0.39 is 0 Å². The number of nitrogens with zero attached hydrogens (tertiary/aromatic N) is 3. The van der Waals surface area contributed by atoms with Gasteiger partial charge in [-0.05, 0) is 63.2 Å². The number of aliphatic imine (C=N–C) groups is 2. The van der Waals surface area contributed by atoms with Gasteiger partial charge in [0.25, 0.3) is 0 Å². The molecule has 0 radical (unpaired) electrons. The van der Waals surface area contributed by atoms with Crippen molar-refractivity contribution in [3.05, 3.63) is 198 Å². The summed E-state index contributed by atoms with van der Waals surface area (Å²) >= 11 is 0. The van der Waals surface area contributed by atoms with Crippen LogP contribution in [-0.4, -0.2) is 16.2 Å². The van der Waals surface area contributed by atoms with Gasteiger partial charge in [-0.15, -0.1) is 0 Å². The first-order chi connectivity index (χ1) is 25.5. The highest BCUT2D eigenvalue weighted by Gasteiger charge is 2.38. The second-order valence-electron chi connectivity index (χ2n) is 14.0. The Hall–Kier alpha value is -6.52. The fourth-order valence-corrected chi connectivity index (χ4v) is 7.95. The van der Waals surface area contributed by atoms with Crippen molar-refractivity contribution in [3.8, 4) is 27.9 Å². The van der Waals surface area contributed by atoms with Gasteiger partial charge >= 0.3 is 0 Å². The van der Waals surface area contributed by atoms with Crippen LogP contribution < -0.4 is 5.73 Å². The molecule has 0 saturated carbocycles. The fourth-order valence-electron chi connectivity index (χ4n) is 7.95. The Labute approximate surface area is 304 Å². The van der Waals surface area contributed by atoms with Gasteiger partial charge in [-0.25, -0.2) is 4.99 Å². The summed E-state index contributed by atoms with van der Waals surface area (Å²) in [6, 6.07) is 59.8. The average molecular weight is 671 g/mol. The summed E-state index contributed by atoms with van der Waals surface area (Å²) in [6.07, 6.45) is 0. The van der Waals surface area contributed by atoms with Crippen molar-refractivity contribution >= 4 is 33.5 Å². The largest absolute Gasteiger partial charge is 0.383 e. The van der Waals surface area contributed by atoms with Crippen LogP contribution in [0.5, 0.6) is 0 Å². The molecule has 9 rings (SSSR count). The van der Waals surface area contributed by atoms with Gasteiger partial charge < -0.3 is 10.3 Å². The summed E-state index contributed by atoms with van der Waals surface area (Å²) in [7, 11) is 0. The van der Waals surface area contributed by atoms with Crippen molar-refractivity contribution in [1.82, 2.24) is 4.57 Å². The van der Waals surface area contributed by atoms with E-state index in [1.54, 1.807) is 0 Å². The van der Waals surface area contributed by atoms with E-state index in [0.29, 0.717) is 18.2 Å². The van der Waals surface area contributed by atoms with E-state index >= 15 is 0 Å². The molecule has 0 atom stereocenters. The van der Waals surface area contributed by atoms with Crippen LogP contribution in [0.1, 0.15) is 41.7 Å². The normalized spacial score (nSPS) is 13.7. The molecular formula is C48H38N4. The molecule has 0 fully saturated rings. The average Bonchev–Trinajstić information content (AvgIpc) is 3.65. The van der Waals surface area contributed by atoms with Crippen molar-refractivity contribution in [2.75, 3.05) is 0 Å². The van der Waals surface area contributed by atoms with E-state index in [0.717, 1.165) is 27.9 Å². The molecule has 2 N–H and O–H groups in total. The molecular weight excluding hydrogens is 633 g/mol. The second-order valence-corrected chi connectivity index (χ2v) is 14.0. The Bertz CT molecular complexity index is 2670. The minimum atomic E-state index is -0.200. The quantitative estimate of drug-likeness (QED) is 0.139. The number of fused-ring (bicyclic) bond motifs is 7. The molecule has 0 unspecified atom stereocenters. The molecule has 0 aliphatic heterocycles. The van der Waals surface area contributed by atoms with Gasteiger partial charge in [0.2, 0.25) is 0 Å². The van der Waals surface area contributed by atoms with Crippen molar-refractivity contribution in [1.29, 1.82) is 0 Å². The SMILES string of the molecule is CC1(C)c2ccccc2-c2ccc3c4cc(-c5ccccc5)ccc4n(-c4cccc(C(/N=C(\N)c5ccccc5)=N/Cc5ccccc5)c4)c3c21. The molecule has 250 valence electrons. The molecule has 8 aromatic rings. The first-order valence-electron chi connectivity index (χ1n) is 17.8. The van der Waals surface area contributed by atoms with Crippen molar-refractivity contribution in [2.24, 2.45) is 15.7 Å². The van der Waals surface area contributed by atoms with Gasteiger partial charge in [0.1, 0.15) is 5.84 Å². The van der Waals surface area contributed by atoms with Gasteiger partial charge in [-0.2, -0.15) is 0 Å². The molecule has 1 aliphatic rings. The zero-order chi connectivity index (χ0) is 35.2. The van der Waals surface area contributed by atoms with E-state index in [1.165, 1.54) is 49.7 Å². The summed E-state index contributed by atoms with van der Waals surface area (Å²) in [5.41, 5.74) is 20.4. The lowest BCUT2D eigenvalue weighted by Gasteiger charge is -2.23. The van der Waals surface area contributed by atoms with Crippen molar-refractivity contribution in [3.63, 3.8) is 0 Å². The van der Waals surface area contributed by atoms with Crippen molar-refractivity contribution in [2.45, 2.75) is 25.8 Å². The third-order valence-corrected chi connectivity index (χ3v) is 10.5. The highest BCUT2D eigenvalue weighted by Crippen LogP contribution is 2.53. The van der Waals surface area contributed by atoms with Crippen molar-refractivity contribution < 1.29 is 0 Å². The molecule has 0 spiro atoms. The lowest BCUT2D eigenvalue weighted by Crippen LogP contribution is -2.17. The van der Waals surface area contributed by atoms with Gasteiger partial charge in [0.05, 0.1) is 17.6 Å². The van der Waals surface area contributed by atoms with Gasteiger partial charge in [0, 0.05) is 33.0 Å². The Balaban J connectivity index is 1.28. The zero-order valence-corrected chi connectivity index (χ0v) is 29.3. The maximum atomic E-state index is 6.64. The second kappa shape index (κ2) is 12.7. The lowest BCUT2D eigenvalue weighted by molar-refractivity contribution is 0.664. The molecule has 4 nitrogen and oxygen atoms in total. The first kappa shape index (κ1) is 31.5. The first-order valence-corrected chi connectivity index (χ1v) is 17.8. The third kappa shape index (κ3) is 5.32. The van der Waals surface area contributed by atoms with E-state index in [4.69, 9.17) is 15.7 Å². The third-order valence-electron chi connectivity index (χ3n) is 10.5.